The molecular weight excluding hydrogens is 170 g/mol. The Balaban J connectivity index is 2.01. The third-order valence-corrected chi connectivity index (χ3v) is 2.55. The van der Waals surface area contributed by atoms with Crippen molar-refractivity contribution in [2.75, 3.05) is 19.8 Å². The number of nitrogens with two attached hydrogens (primary N) is 1. The second-order valence-electron chi connectivity index (χ2n) is 4.42. The summed E-state index contributed by atoms with van der Waals surface area (Å²) in [6.45, 7) is 5.73. The van der Waals surface area contributed by atoms with Gasteiger partial charge in [-0.2, -0.15) is 0 Å². The Bertz CT molecular complexity index is 207. The Hall–Kier alpha value is -0.160. The molecular formula is C9H17NO3. The van der Waals surface area contributed by atoms with E-state index in [4.69, 9.17) is 19.9 Å². The van der Waals surface area contributed by atoms with Crippen LogP contribution in [0.25, 0.3) is 0 Å². The summed E-state index contributed by atoms with van der Waals surface area (Å²) >= 11 is 0. The molecule has 4 nitrogen and oxygen atoms in total. The topological polar surface area (TPSA) is 53.7 Å². The molecule has 2 saturated heterocycles. The summed E-state index contributed by atoms with van der Waals surface area (Å²) in [4.78, 5) is 0. The van der Waals surface area contributed by atoms with Gasteiger partial charge < -0.3 is 19.9 Å². The molecule has 2 atom stereocenters. The van der Waals surface area contributed by atoms with Gasteiger partial charge in [-0.05, 0) is 13.8 Å². The molecule has 2 aliphatic rings. The van der Waals surface area contributed by atoms with E-state index < -0.39 is 5.79 Å². The van der Waals surface area contributed by atoms with Crippen LogP contribution in [-0.4, -0.2) is 37.3 Å². The maximum absolute atomic E-state index is 5.72. The van der Waals surface area contributed by atoms with E-state index in [1.54, 1.807) is 0 Å². The van der Waals surface area contributed by atoms with Gasteiger partial charge in [0.25, 0.3) is 0 Å². The van der Waals surface area contributed by atoms with Crippen LogP contribution in [0, 0.1) is 0 Å². The zero-order valence-electron chi connectivity index (χ0n) is 8.21. The second-order valence-corrected chi connectivity index (χ2v) is 4.42. The molecule has 2 N–H and O–H groups in total. The maximum Gasteiger partial charge on any atom is 0.195 e. The first-order chi connectivity index (χ1) is 6.05. The van der Waals surface area contributed by atoms with Gasteiger partial charge in [0.2, 0.25) is 0 Å². The molecule has 2 fully saturated rings. The van der Waals surface area contributed by atoms with Crippen molar-refractivity contribution < 1.29 is 14.2 Å². The van der Waals surface area contributed by atoms with Gasteiger partial charge in [-0.1, -0.05) is 0 Å². The highest BCUT2D eigenvalue weighted by atomic mass is 16.8. The molecule has 0 radical (unpaired) electrons. The summed E-state index contributed by atoms with van der Waals surface area (Å²) in [5.41, 5.74) is 5.37. The summed E-state index contributed by atoms with van der Waals surface area (Å²) < 4.78 is 16.9. The summed E-state index contributed by atoms with van der Waals surface area (Å²) in [5, 5.41) is 0. The fourth-order valence-corrected chi connectivity index (χ4v) is 1.96. The van der Waals surface area contributed by atoms with Crippen LogP contribution in [0.15, 0.2) is 0 Å². The van der Waals surface area contributed by atoms with Crippen LogP contribution < -0.4 is 5.73 Å². The van der Waals surface area contributed by atoms with Gasteiger partial charge in [0, 0.05) is 13.0 Å². The molecule has 0 amide bonds. The van der Waals surface area contributed by atoms with Crippen molar-refractivity contribution in [3.05, 3.63) is 0 Å². The molecule has 0 aromatic carbocycles. The standard InChI is InChI=1S/C9H17NO3/c1-8(2)5-9(6-12-8)11-4-7(3-10)13-9/h7H,3-6,10H2,1-2H3. The fraction of sp³-hybridized carbons (Fsp3) is 1.00. The van der Waals surface area contributed by atoms with Crippen LogP contribution in [0.3, 0.4) is 0 Å². The zero-order chi connectivity index (χ0) is 9.53. The van der Waals surface area contributed by atoms with Crippen molar-refractivity contribution in [1.29, 1.82) is 0 Å². The molecule has 0 bridgehead atoms. The Morgan fingerprint density at radius 3 is 2.62 bits per heavy atom. The predicted octanol–water partition coefficient (Wildman–Crippen LogP) is 0.256. The first kappa shape index (κ1) is 9.40. The van der Waals surface area contributed by atoms with Crippen LogP contribution in [-0.2, 0) is 14.2 Å². The lowest BCUT2D eigenvalue weighted by Gasteiger charge is -2.22. The lowest BCUT2D eigenvalue weighted by atomic mass is 10.0. The zero-order valence-corrected chi connectivity index (χ0v) is 8.21. The molecule has 0 aromatic rings. The van der Waals surface area contributed by atoms with Gasteiger partial charge in [-0.3, -0.25) is 0 Å². The fourth-order valence-electron chi connectivity index (χ4n) is 1.96. The van der Waals surface area contributed by atoms with E-state index >= 15 is 0 Å². The minimum Gasteiger partial charge on any atom is -0.370 e. The highest BCUT2D eigenvalue weighted by Crippen LogP contribution is 2.39. The van der Waals surface area contributed by atoms with Crippen LogP contribution in [0.4, 0.5) is 0 Å². The van der Waals surface area contributed by atoms with Crippen molar-refractivity contribution in [2.45, 2.75) is 37.8 Å². The third kappa shape index (κ3) is 1.72. The van der Waals surface area contributed by atoms with Crippen LogP contribution in [0.1, 0.15) is 20.3 Å². The summed E-state index contributed by atoms with van der Waals surface area (Å²) in [7, 11) is 0. The number of hydrogen-bond acceptors (Lipinski definition) is 4. The van der Waals surface area contributed by atoms with Crippen molar-refractivity contribution >= 4 is 0 Å². The maximum atomic E-state index is 5.72. The smallest absolute Gasteiger partial charge is 0.195 e. The number of ether oxygens (including phenoxy) is 3. The van der Waals surface area contributed by atoms with Gasteiger partial charge >= 0.3 is 0 Å². The lowest BCUT2D eigenvalue weighted by molar-refractivity contribution is -0.163. The van der Waals surface area contributed by atoms with Gasteiger partial charge in [-0.15, -0.1) is 0 Å². The average molecular weight is 187 g/mol. The van der Waals surface area contributed by atoms with Crippen LogP contribution in [0.2, 0.25) is 0 Å². The van der Waals surface area contributed by atoms with E-state index in [9.17, 15) is 0 Å². The molecule has 2 rings (SSSR count). The van der Waals surface area contributed by atoms with Gasteiger partial charge in [-0.25, -0.2) is 0 Å². The molecule has 2 unspecified atom stereocenters. The van der Waals surface area contributed by atoms with Gasteiger partial charge in [0.15, 0.2) is 5.79 Å². The van der Waals surface area contributed by atoms with Crippen molar-refractivity contribution in [3.63, 3.8) is 0 Å². The first-order valence-electron chi connectivity index (χ1n) is 4.71. The summed E-state index contributed by atoms with van der Waals surface area (Å²) in [5.74, 6) is -0.506. The normalized spacial score (nSPS) is 43.2. The third-order valence-electron chi connectivity index (χ3n) is 2.55. The highest BCUT2D eigenvalue weighted by Gasteiger charge is 2.51. The van der Waals surface area contributed by atoms with Crippen LogP contribution in [0.5, 0.6) is 0 Å². The summed E-state index contributed by atoms with van der Waals surface area (Å²) in [6.07, 6.45) is 0.828. The van der Waals surface area contributed by atoms with Crippen LogP contribution >= 0.6 is 0 Å². The van der Waals surface area contributed by atoms with E-state index in [2.05, 4.69) is 0 Å². The molecule has 76 valence electrons. The summed E-state index contributed by atoms with van der Waals surface area (Å²) in [6, 6.07) is 0. The van der Waals surface area contributed by atoms with Crippen molar-refractivity contribution in [3.8, 4) is 0 Å². The SMILES string of the molecule is CC1(C)CC2(CO1)OCC(CN)O2. The van der Waals surface area contributed by atoms with E-state index in [0.29, 0.717) is 19.8 Å². The average Bonchev–Trinajstić information content (AvgIpc) is 2.57. The Morgan fingerprint density at radius 1 is 1.38 bits per heavy atom. The van der Waals surface area contributed by atoms with Gasteiger partial charge in [0.1, 0.15) is 6.61 Å². The molecule has 0 saturated carbocycles. The monoisotopic (exact) mass is 187 g/mol. The first-order valence-corrected chi connectivity index (χ1v) is 4.71. The number of rotatable bonds is 1. The molecule has 13 heavy (non-hydrogen) atoms. The van der Waals surface area contributed by atoms with Crippen molar-refractivity contribution in [1.82, 2.24) is 0 Å². The Labute approximate surface area is 78.3 Å². The molecule has 1 spiro atoms. The molecule has 0 aromatic heterocycles. The molecule has 2 heterocycles. The lowest BCUT2D eigenvalue weighted by Crippen LogP contribution is -2.34. The predicted molar refractivity (Wildman–Crippen MR) is 47.3 cm³/mol. The van der Waals surface area contributed by atoms with E-state index in [0.717, 1.165) is 6.42 Å². The molecule has 4 heteroatoms. The van der Waals surface area contributed by atoms with E-state index in [-0.39, 0.29) is 11.7 Å². The number of hydrogen-bond donors (Lipinski definition) is 1. The highest BCUT2D eigenvalue weighted by molar-refractivity contribution is 4.92. The van der Waals surface area contributed by atoms with E-state index in [1.165, 1.54) is 0 Å². The Kier molecular flexibility index (Phi) is 2.11. The minimum absolute atomic E-state index is 0.0394. The van der Waals surface area contributed by atoms with E-state index in [1.807, 2.05) is 13.8 Å². The second kappa shape index (κ2) is 2.92. The largest absolute Gasteiger partial charge is 0.370 e. The molecule has 0 aliphatic carbocycles. The quantitative estimate of drug-likeness (QED) is 0.639. The molecule has 2 aliphatic heterocycles. The minimum atomic E-state index is -0.506. The Morgan fingerprint density at radius 2 is 2.15 bits per heavy atom. The van der Waals surface area contributed by atoms with Crippen molar-refractivity contribution in [2.24, 2.45) is 5.73 Å². The van der Waals surface area contributed by atoms with Gasteiger partial charge in [0.05, 0.1) is 18.3 Å².